The quantitative estimate of drug-likeness (QED) is 0.656. The van der Waals surface area contributed by atoms with E-state index in [-0.39, 0.29) is 0 Å². The van der Waals surface area contributed by atoms with Crippen LogP contribution in [0.2, 0.25) is 0 Å². The first-order valence-electron chi connectivity index (χ1n) is 4.92. The fraction of sp³-hybridized carbons (Fsp3) is 0.700. The summed E-state index contributed by atoms with van der Waals surface area (Å²) in [6, 6.07) is 2.00. The molecule has 1 aliphatic carbocycles. The van der Waals surface area contributed by atoms with Crippen molar-refractivity contribution in [3.63, 3.8) is 0 Å². The molecule has 2 nitrogen and oxygen atoms in total. The summed E-state index contributed by atoms with van der Waals surface area (Å²) in [5.74, 6) is 0.888. The van der Waals surface area contributed by atoms with Gasteiger partial charge in [0.05, 0.1) is 0 Å². The lowest BCUT2D eigenvalue weighted by molar-refractivity contribution is 0.308. The lowest BCUT2D eigenvalue weighted by atomic mass is 9.89. The molecule has 66 valence electrons. The maximum atomic E-state index is 4.23. The maximum absolute atomic E-state index is 4.23. The smallest absolute Gasteiger partial charge is 0.0489 e. The van der Waals surface area contributed by atoms with Gasteiger partial charge in [0.1, 0.15) is 0 Å². The van der Waals surface area contributed by atoms with E-state index >= 15 is 0 Å². The summed E-state index contributed by atoms with van der Waals surface area (Å²) < 4.78 is 2.07. The van der Waals surface area contributed by atoms with Crippen molar-refractivity contribution in [2.45, 2.75) is 38.6 Å². The molecule has 0 aromatic carbocycles. The van der Waals surface area contributed by atoms with Crippen LogP contribution < -0.4 is 0 Å². The van der Waals surface area contributed by atoms with E-state index in [1.54, 1.807) is 0 Å². The van der Waals surface area contributed by atoms with Crippen LogP contribution in [-0.4, -0.2) is 9.78 Å². The van der Waals surface area contributed by atoms with Crippen molar-refractivity contribution in [2.75, 3.05) is 0 Å². The minimum atomic E-state index is 0.888. The number of hydrogen-bond acceptors (Lipinski definition) is 1. The molecule has 1 aromatic rings. The fourth-order valence-corrected chi connectivity index (χ4v) is 2.04. The molecule has 1 aromatic heterocycles. The summed E-state index contributed by atoms with van der Waals surface area (Å²) in [6.45, 7) is 1.13. The van der Waals surface area contributed by atoms with Crippen molar-refractivity contribution >= 4 is 0 Å². The molecule has 12 heavy (non-hydrogen) atoms. The minimum Gasteiger partial charge on any atom is -0.272 e. The normalized spacial score (nSPS) is 19.7. The first kappa shape index (κ1) is 7.84. The molecule has 2 heteroatoms. The van der Waals surface area contributed by atoms with Gasteiger partial charge in [-0.25, -0.2) is 0 Å². The Hall–Kier alpha value is -0.790. The SMILES string of the molecule is c1cnn(CC2CCCCC2)c1. The average Bonchev–Trinajstić information content (AvgIpc) is 2.59. The highest BCUT2D eigenvalue weighted by atomic mass is 15.3. The van der Waals surface area contributed by atoms with Crippen molar-refractivity contribution in [3.8, 4) is 0 Å². The third-order valence-electron chi connectivity index (χ3n) is 2.73. The molecular weight excluding hydrogens is 148 g/mol. The van der Waals surface area contributed by atoms with E-state index in [0.717, 1.165) is 12.5 Å². The predicted octanol–water partition coefficient (Wildman–Crippen LogP) is 2.46. The molecular formula is C10H16N2. The molecule has 0 amide bonds. The molecule has 0 spiro atoms. The van der Waals surface area contributed by atoms with Gasteiger partial charge in [-0.3, -0.25) is 4.68 Å². The van der Waals surface area contributed by atoms with E-state index in [1.165, 1.54) is 32.1 Å². The molecule has 1 fully saturated rings. The topological polar surface area (TPSA) is 17.8 Å². The van der Waals surface area contributed by atoms with Gasteiger partial charge in [-0.2, -0.15) is 5.10 Å². The summed E-state index contributed by atoms with van der Waals surface area (Å²) in [6.07, 6.45) is 11.0. The van der Waals surface area contributed by atoms with Crippen molar-refractivity contribution in [1.29, 1.82) is 0 Å². The molecule has 1 saturated carbocycles. The van der Waals surface area contributed by atoms with Crippen LogP contribution in [0.1, 0.15) is 32.1 Å². The monoisotopic (exact) mass is 164 g/mol. The van der Waals surface area contributed by atoms with Gasteiger partial charge in [-0.05, 0) is 24.8 Å². The number of rotatable bonds is 2. The average molecular weight is 164 g/mol. The van der Waals surface area contributed by atoms with Crippen LogP contribution in [0.4, 0.5) is 0 Å². The molecule has 1 aliphatic rings. The Balaban J connectivity index is 1.86. The van der Waals surface area contributed by atoms with E-state index in [2.05, 4.69) is 16.0 Å². The zero-order valence-electron chi connectivity index (χ0n) is 7.45. The molecule has 1 heterocycles. The highest BCUT2D eigenvalue weighted by Crippen LogP contribution is 2.24. The highest BCUT2D eigenvalue weighted by Gasteiger charge is 2.13. The fourth-order valence-electron chi connectivity index (χ4n) is 2.04. The van der Waals surface area contributed by atoms with Gasteiger partial charge < -0.3 is 0 Å². The Morgan fingerprint density at radius 1 is 1.25 bits per heavy atom. The first-order valence-corrected chi connectivity index (χ1v) is 4.92. The van der Waals surface area contributed by atoms with Gasteiger partial charge in [0.15, 0.2) is 0 Å². The standard InChI is InChI=1S/C10H16N2/c1-2-5-10(6-3-1)9-12-8-4-7-11-12/h4,7-8,10H,1-3,5-6,9H2. The van der Waals surface area contributed by atoms with Crippen LogP contribution in [-0.2, 0) is 6.54 Å². The maximum Gasteiger partial charge on any atom is 0.0489 e. The van der Waals surface area contributed by atoms with E-state index in [4.69, 9.17) is 0 Å². The highest BCUT2D eigenvalue weighted by molar-refractivity contribution is 4.79. The van der Waals surface area contributed by atoms with Gasteiger partial charge in [-0.15, -0.1) is 0 Å². The lowest BCUT2D eigenvalue weighted by Gasteiger charge is -2.21. The van der Waals surface area contributed by atoms with Crippen LogP contribution in [0.15, 0.2) is 18.5 Å². The number of hydrogen-bond donors (Lipinski definition) is 0. The van der Waals surface area contributed by atoms with Crippen molar-refractivity contribution in [2.24, 2.45) is 5.92 Å². The zero-order chi connectivity index (χ0) is 8.23. The van der Waals surface area contributed by atoms with E-state index in [0.29, 0.717) is 0 Å². The summed E-state index contributed by atoms with van der Waals surface area (Å²) in [5, 5.41) is 4.23. The summed E-state index contributed by atoms with van der Waals surface area (Å²) in [7, 11) is 0. The summed E-state index contributed by atoms with van der Waals surface area (Å²) in [4.78, 5) is 0. The third kappa shape index (κ3) is 1.87. The van der Waals surface area contributed by atoms with E-state index in [1.807, 2.05) is 12.3 Å². The molecule has 2 rings (SSSR count). The van der Waals surface area contributed by atoms with Gasteiger partial charge in [0, 0.05) is 18.9 Å². The van der Waals surface area contributed by atoms with E-state index in [9.17, 15) is 0 Å². The molecule has 0 unspecified atom stereocenters. The minimum absolute atomic E-state index is 0.888. The Bertz CT molecular complexity index is 210. The lowest BCUT2D eigenvalue weighted by Crippen LogP contribution is -2.14. The second-order valence-electron chi connectivity index (χ2n) is 3.73. The molecule has 0 N–H and O–H groups in total. The summed E-state index contributed by atoms with van der Waals surface area (Å²) in [5.41, 5.74) is 0. The molecule has 0 radical (unpaired) electrons. The Morgan fingerprint density at radius 3 is 2.75 bits per heavy atom. The van der Waals surface area contributed by atoms with Gasteiger partial charge >= 0.3 is 0 Å². The second kappa shape index (κ2) is 3.74. The summed E-state index contributed by atoms with van der Waals surface area (Å²) >= 11 is 0. The molecule has 0 atom stereocenters. The van der Waals surface area contributed by atoms with E-state index < -0.39 is 0 Å². The molecule has 0 aliphatic heterocycles. The van der Waals surface area contributed by atoms with Gasteiger partial charge in [-0.1, -0.05) is 19.3 Å². The van der Waals surface area contributed by atoms with Crippen LogP contribution in [0.25, 0.3) is 0 Å². The predicted molar refractivity (Wildman–Crippen MR) is 48.8 cm³/mol. The van der Waals surface area contributed by atoms with Crippen LogP contribution in [0.3, 0.4) is 0 Å². The Kier molecular flexibility index (Phi) is 2.45. The molecule has 0 bridgehead atoms. The van der Waals surface area contributed by atoms with Gasteiger partial charge in [0.2, 0.25) is 0 Å². The first-order chi connectivity index (χ1) is 5.95. The van der Waals surface area contributed by atoms with Crippen LogP contribution in [0.5, 0.6) is 0 Å². The Labute approximate surface area is 73.6 Å². The van der Waals surface area contributed by atoms with Crippen LogP contribution in [0, 0.1) is 5.92 Å². The van der Waals surface area contributed by atoms with Gasteiger partial charge in [0.25, 0.3) is 0 Å². The van der Waals surface area contributed by atoms with Crippen molar-refractivity contribution in [1.82, 2.24) is 9.78 Å². The Morgan fingerprint density at radius 2 is 2.08 bits per heavy atom. The third-order valence-corrected chi connectivity index (χ3v) is 2.73. The van der Waals surface area contributed by atoms with Crippen LogP contribution >= 0.6 is 0 Å². The number of nitrogens with zero attached hydrogens (tertiary/aromatic N) is 2. The van der Waals surface area contributed by atoms with Crippen molar-refractivity contribution < 1.29 is 0 Å². The van der Waals surface area contributed by atoms with Crippen molar-refractivity contribution in [3.05, 3.63) is 18.5 Å². The zero-order valence-corrected chi connectivity index (χ0v) is 7.45. The molecule has 0 saturated heterocycles. The second-order valence-corrected chi connectivity index (χ2v) is 3.73. The number of aromatic nitrogens is 2. The largest absolute Gasteiger partial charge is 0.272 e.